The molecule has 0 aliphatic carbocycles. The van der Waals surface area contributed by atoms with Crippen molar-refractivity contribution in [2.45, 2.75) is 19.4 Å². The molecule has 13 heavy (non-hydrogen) atoms. The fraction of sp³-hybridized carbons (Fsp3) is 0.500. The highest BCUT2D eigenvalue weighted by Gasteiger charge is 2.04. The van der Waals surface area contributed by atoms with E-state index in [9.17, 15) is 0 Å². The van der Waals surface area contributed by atoms with Crippen molar-refractivity contribution in [1.82, 2.24) is 9.97 Å². The lowest BCUT2D eigenvalue weighted by atomic mass is 10.2. The molecule has 1 rings (SSSR count). The molecule has 0 radical (unpaired) electrons. The Hall–Kier alpha value is -0.430. The Kier molecular flexibility index (Phi) is 4.37. The summed E-state index contributed by atoms with van der Waals surface area (Å²) in [5, 5.41) is 12.0. The first-order valence-electron chi connectivity index (χ1n) is 4.11. The van der Waals surface area contributed by atoms with Gasteiger partial charge in [-0.1, -0.05) is 6.92 Å². The van der Waals surface area contributed by atoms with Crippen LogP contribution >= 0.6 is 22.6 Å². The van der Waals surface area contributed by atoms with Gasteiger partial charge in [0.25, 0.3) is 0 Å². The Bertz CT molecular complexity index is 248. The zero-order chi connectivity index (χ0) is 9.68. The number of aliphatic hydroxyl groups excluding tert-OH is 1. The van der Waals surface area contributed by atoms with Crippen molar-refractivity contribution in [2.24, 2.45) is 0 Å². The van der Waals surface area contributed by atoms with E-state index in [0.29, 0.717) is 5.95 Å². The number of aliphatic hydroxyl groups is 1. The van der Waals surface area contributed by atoms with Gasteiger partial charge in [-0.05, 0) is 29.0 Å². The molecule has 0 bridgehead atoms. The average molecular weight is 293 g/mol. The minimum absolute atomic E-state index is 0.0417. The third-order valence-corrected chi connectivity index (χ3v) is 2.22. The van der Waals surface area contributed by atoms with Crippen LogP contribution in [0.15, 0.2) is 12.4 Å². The van der Waals surface area contributed by atoms with Crippen LogP contribution in [-0.4, -0.2) is 27.7 Å². The van der Waals surface area contributed by atoms with E-state index in [-0.39, 0.29) is 12.6 Å². The van der Waals surface area contributed by atoms with Crippen LogP contribution < -0.4 is 5.32 Å². The summed E-state index contributed by atoms with van der Waals surface area (Å²) in [5.74, 6) is 0.571. The predicted molar refractivity (Wildman–Crippen MR) is 59.5 cm³/mol. The Morgan fingerprint density at radius 3 is 2.62 bits per heavy atom. The highest BCUT2D eigenvalue weighted by atomic mass is 127. The minimum atomic E-state index is 0.0417. The molecular formula is C8H12IN3O. The van der Waals surface area contributed by atoms with E-state index in [1.54, 1.807) is 12.4 Å². The number of rotatable bonds is 4. The van der Waals surface area contributed by atoms with Gasteiger partial charge in [-0.2, -0.15) is 0 Å². The van der Waals surface area contributed by atoms with Gasteiger partial charge in [0.15, 0.2) is 0 Å². The van der Waals surface area contributed by atoms with Gasteiger partial charge in [0.2, 0.25) is 5.95 Å². The molecule has 0 aliphatic heterocycles. The maximum atomic E-state index is 8.92. The first-order chi connectivity index (χ1) is 6.26. The molecule has 0 fully saturated rings. The largest absolute Gasteiger partial charge is 0.394 e. The molecule has 1 heterocycles. The highest BCUT2D eigenvalue weighted by molar-refractivity contribution is 14.1. The molecule has 0 amide bonds. The molecule has 0 saturated heterocycles. The van der Waals surface area contributed by atoms with Gasteiger partial charge in [-0.15, -0.1) is 0 Å². The molecule has 2 N–H and O–H groups in total. The van der Waals surface area contributed by atoms with Crippen LogP contribution in [0, 0.1) is 3.57 Å². The summed E-state index contributed by atoms with van der Waals surface area (Å²) in [4.78, 5) is 8.15. The number of nitrogens with zero attached hydrogens (tertiary/aromatic N) is 2. The lowest BCUT2D eigenvalue weighted by molar-refractivity contribution is 0.271. The van der Waals surface area contributed by atoms with E-state index in [4.69, 9.17) is 5.11 Å². The van der Waals surface area contributed by atoms with Crippen molar-refractivity contribution in [3.05, 3.63) is 16.0 Å². The first kappa shape index (κ1) is 10.6. The molecular weight excluding hydrogens is 281 g/mol. The lowest BCUT2D eigenvalue weighted by Crippen LogP contribution is -2.23. The second kappa shape index (κ2) is 5.33. The molecule has 1 unspecified atom stereocenters. The van der Waals surface area contributed by atoms with Crippen LogP contribution in [-0.2, 0) is 0 Å². The summed E-state index contributed by atoms with van der Waals surface area (Å²) in [6.07, 6.45) is 4.33. The molecule has 5 heteroatoms. The normalized spacial score (nSPS) is 12.5. The summed E-state index contributed by atoms with van der Waals surface area (Å²) in [6.45, 7) is 2.10. The first-order valence-corrected chi connectivity index (χ1v) is 5.19. The highest BCUT2D eigenvalue weighted by Crippen LogP contribution is 2.05. The molecule has 4 nitrogen and oxygen atoms in total. The van der Waals surface area contributed by atoms with Gasteiger partial charge >= 0.3 is 0 Å². The van der Waals surface area contributed by atoms with E-state index < -0.39 is 0 Å². The minimum Gasteiger partial charge on any atom is -0.394 e. The third-order valence-electron chi connectivity index (χ3n) is 1.67. The number of nitrogens with one attached hydrogen (secondary N) is 1. The third kappa shape index (κ3) is 3.43. The van der Waals surface area contributed by atoms with Crippen LogP contribution in [0.25, 0.3) is 0 Å². The Labute approximate surface area is 90.9 Å². The molecule has 1 aromatic rings. The van der Waals surface area contributed by atoms with Crippen LogP contribution in [0.1, 0.15) is 13.3 Å². The lowest BCUT2D eigenvalue weighted by Gasteiger charge is -2.12. The van der Waals surface area contributed by atoms with Crippen molar-refractivity contribution in [1.29, 1.82) is 0 Å². The molecule has 1 atom stereocenters. The maximum Gasteiger partial charge on any atom is 0.222 e. The average Bonchev–Trinajstić information content (AvgIpc) is 2.17. The number of anilines is 1. The van der Waals surface area contributed by atoms with Crippen LogP contribution in [0.5, 0.6) is 0 Å². The standard InChI is InChI=1S/C8H12IN3O/c1-2-7(5-13)12-8-10-3-6(9)4-11-8/h3-4,7,13H,2,5H2,1H3,(H,10,11,12). The van der Waals surface area contributed by atoms with Crippen molar-refractivity contribution < 1.29 is 5.11 Å². The van der Waals surface area contributed by atoms with Gasteiger partial charge in [0.1, 0.15) is 0 Å². The number of aromatic nitrogens is 2. The second-order valence-electron chi connectivity index (χ2n) is 2.66. The van der Waals surface area contributed by atoms with Gasteiger partial charge in [0.05, 0.1) is 12.6 Å². The summed E-state index contributed by atoms with van der Waals surface area (Å²) in [6, 6.07) is 0.0417. The smallest absolute Gasteiger partial charge is 0.222 e. The molecule has 0 aliphatic rings. The zero-order valence-corrected chi connectivity index (χ0v) is 9.52. The van der Waals surface area contributed by atoms with E-state index in [0.717, 1.165) is 9.99 Å². The summed E-state index contributed by atoms with van der Waals surface area (Å²) >= 11 is 2.15. The van der Waals surface area contributed by atoms with Crippen LogP contribution in [0.2, 0.25) is 0 Å². The zero-order valence-electron chi connectivity index (χ0n) is 7.37. The number of hydrogen-bond acceptors (Lipinski definition) is 4. The Morgan fingerprint density at radius 1 is 1.54 bits per heavy atom. The molecule has 0 saturated carbocycles. The van der Waals surface area contributed by atoms with Crippen LogP contribution in [0.4, 0.5) is 5.95 Å². The van der Waals surface area contributed by atoms with Crippen molar-refractivity contribution >= 4 is 28.5 Å². The fourth-order valence-corrected chi connectivity index (χ4v) is 1.12. The molecule has 72 valence electrons. The quantitative estimate of drug-likeness (QED) is 0.821. The van der Waals surface area contributed by atoms with E-state index in [1.807, 2.05) is 6.92 Å². The van der Waals surface area contributed by atoms with Gasteiger partial charge in [0, 0.05) is 16.0 Å². The van der Waals surface area contributed by atoms with Crippen LogP contribution in [0.3, 0.4) is 0 Å². The van der Waals surface area contributed by atoms with Crippen molar-refractivity contribution in [3.63, 3.8) is 0 Å². The van der Waals surface area contributed by atoms with E-state index in [1.165, 1.54) is 0 Å². The van der Waals surface area contributed by atoms with E-state index >= 15 is 0 Å². The van der Waals surface area contributed by atoms with Crippen molar-refractivity contribution in [2.75, 3.05) is 11.9 Å². The SMILES string of the molecule is CCC(CO)Nc1ncc(I)cn1. The van der Waals surface area contributed by atoms with Gasteiger partial charge in [-0.3, -0.25) is 0 Å². The van der Waals surface area contributed by atoms with Crippen molar-refractivity contribution in [3.8, 4) is 0 Å². The summed E-state index contributed by atoms with van der Waals surface area (Å²) in [5.41, 5.74) is 0. The van der Waals surface area contributed by atoms with Gasteiger partial charge < -0.3 is 10.4 Å². The summed E-state index contributed by atoms with van der Waals surface area (Å²) < 4.78 is 1.00. The molecule has 0 aromatic carbocycles. The second-order valence-corrected chi connectivity index (χ2v) is 3.90. The fourth-order valence-electron chi connectivity index (χ4n) is 0.846. The monoisotopic (exact) mass is 293 g/mol. The predicted octanol–water partition coefficient (Wildman–Crippen LogP) is 1.26. The molecule has 1 aromatic heterocycles. The Morgan fingerprint density at radius 2 is 2.15 bits per heavy atom. The Balaban J connectivity index is 2.58. The topological polar surface area (TPSA) is 58.0 Å². The number of halogens is 1. The summed E-state index contributed by atoms with van der Waals surface area (Å²) in [7, 11) is 0. The van der Waals surface area contributed by atoms with E-state index in [2.05, 4.69) is 37.9 Å². The maximum absolute atomic E-state index is 8.92. The van der Waals surface area contributed by atoms with Gasteiger partial charge in [-0.25, -0.2) is 9.97 Å². The molecule has 0 spiro atoms. The number of hydrogen-bond donors (Lipinski definition) is 2.